The summed E-state index contributed by atoms with van der Waals surface area (Å²) in [5.41, 5.74) is 4.25. The predicted molar refractivity (Wildman–Crippen MR) is 113 cm³/mol. The average molecular weight is 405 g/mol. The van der Waals surface area contributed by atoms with E-state index in [1.54, 1.807) is 0 Å². The van der Waals surface area contributed by atoms with Crippen molar-refractivity contribution in [2.24, 2.45) is 7.05 Å². The Morgan fingerprint density at radius 1 is 1.10 bits per heavy atom. The van der Waals surface area contributed by atoms with Gasteiger partial charge in [0, 0.05) is 41.6 Å². The molecule has 0 fully saturated rings. The van der Waals surface area contributed by atoms with Gasteiger partial charge in [-0.3, -0.25) is 0 Å². The molecule has 0 saturated heterocycles. The second-order valence-electron chi connectivity index (χ2n) is 7.53. The van der Waals surface area contributed by atoms with Crippen LogP contribution in [-0.4, -0.2) is 15.6 Å². The maximum atomic E-state index is 14.0. The Balaban J connectivity index is 1.40. The van der Waals surface area contributed by atoms with Crippen molar-refractivity contribution in [1.29, 1.82) is 0 Å². The van der Waals surface area contributed by atoms with Crippen LogP contribution in [0, 0.1) is 11.6 Å². The molecule has 2 aromatic carbocycles. The van der Waals surface area contributed by atoms with Crippen molar-refractivity contribution in [1.82, 2.24) is 14.8 Å². The zero-order valence-electron chi connectivity index (χ0n) is 16.7. The highest BCUT2D eigenvalue weighted by molar-refractivity contribution is 5.85. The van der Waals surface area contributed by atoms with E-state index < -0.39 is 11.6 Å². The van der Waals surface area contributed by atoms with Crippen LogP contribution in [0.4, 0.5) is 8.78 Å². The number of fused-ring (bicyclic) bond motifs is 2. The Hall–Kier alpha value is -3.54. The molecule has 2 aliphatic heterocycles. The number of aryl methyl sites for hydroxylation is 1. The van der Waals surface area contributed by atoms with Gasteiger partial charge in [0.2, 0.25) is 0 Å². The molecule has 2 aliphatic rings. The van der Waals surface area contributed by atoms with Crippen LogP contribution in [0.5, 0.6) is 0 Å². The van der Waals surface area contributed by atoms with E-state index in [-0.39, 0.29) is 18.3 Å². The molecular weight excluding hydrogens is 384 g/mol. The summed E-state index contributed by atoms with van der Waals surface area (Å²) in [6, 6.07) is 12.3. The van der Waals surface area contributed by atoms with Gasteiger partial charge in [0.1, 0.15) is 24.0 Å². The quantitative estimate of drug-likeness (QED) is 0.662. The molecule has 1 unspecified atom stereocenters. The van der Waals surface area contributed by atoms with Crippen molar-refractivity contribution in [3.8, 4) is 0 Å². The zero-order valence-corrected chi connectivity index (χ0v) is 16.7. The van der Waals surface area contributed by atoms with Gasteiger partial charge in [-0.2, -0.15) is 0 Å². The van der Waals surface area contributed by atoms with Gasteiger partial charge in [-0.15, -0.1) is 0 Å². The van der Waals surface area contributed by atoms with E-state index in [1.807, 2.05) is 38.5 Å². The minimum Gasteiger partial charge on any atom is -0.489 e. The number of nitrogens with zero attached hydrogens (tertiary/aromatic N) is 2. The van der Waals surface area contributed by atoms with Crippen LogP contribution < -0.4 is 5.32 Å². The Labute approximate surface area is 173 Å². The fourth-order valence-electron chi connectivity index (χ4n) is 4.10. The molecule has 1 N–H and O–H groups in total. The first-order valence-corrected chi connectivity index (χ1v) is 9.78. The molecule has 1 aromatic heterocycles. The number of rotatable bonds is 4. The number of aromatic nitrogens is 1. The average Bonchev–Trinajstić information content (AvgIpc) is 3.27. The van der Waals surface area contributed by atoms with Crippen molar-refractivity contribution in [2.75, 3.05) is 0 Å². The van der Waals surface area contributed by atoms with Crippen LogP contribution in [0.25, 0.3) is 16.6 Å². The molecule has 3 aromatic rings. The van der Waals surface area contributed by atoms with E-state index in [9.17, 15) is 8.78 Å². The van der Waals surface area contributed by atoms with Gasteiger partial charge in [-0.1, -0.05) is 12.1 Å². The third-order valence-corrected chi connectivity index (χ3v) is 5.62. The molecule has 5 rings (SSSR count). The highest BCUT2D eigenvalue weighted by Gasteiger charge is 2.34. The summed E-state index contributed by atoms with van der Waals surface area (Å²) in [4.78, 5) is 2.09. The third kappa shape index (κ3) is 2.96. The molecule has 0 aliphatic carbocycles. The van der Waals surface area contributed by atoms with Crippen LogP contribution in [0.3, 0.4) is 0 Å². The molecule has 0 amide bonds. The van der Waals surface area contributed by atoms with Crippen molar-refractivity contribution in [2.45, 2.75) is 19.7 Å². The summed E-state index contributed by atoms with van der Waals surface area (Å²) in [5.74, 6) is -0.607. The fourth-order valence-corrected chi connectivity index (χ4v) is 4.10. The van der Waals surface area contributed by atoms with Crippen molar-refractivity contribution in [3.63, 3.8) is 0 Å². The van der Waals surface area contributed by atoms with E-state index in [0.29, 0.717) is 5.76 Å². The molecule has 1 atom stereocenters. The lowest BCUT2D eigenvalue weighted by atomic mass is 10.1. The lowest BCUT2D eigenvalue weighted by Crippen LogP contribution is -2.37. The lowest BCUT2D eigenvalue weighted by Gasteiger charge is -2.30. The summed E-state index contributed by atoms with van der Waals surface area (Å²) < 4.78 is 35.9. The largest absolute Gasteiger partial charge is 0.489 e. The monoisotopic (exact) mass is 405 g/mol. The predicted octanol–water partition coefficient (Wildman–Crippen LogP) is 5.00. The van der Waals surface area contributed by atoms with Gasteiger partial charge in [-0.05, 0) is 49.4 Å². The standard InChI is InChI=1S/C24H21F2N3O/c1-15-23(17-8-9-21-16(13-17)10-12-28(21)2)29-11-4-7-22(24(29)27-15)30-14-18-19(25)5-3-6-20(18)26/h3-13,24,27H,14H2,1-2H3. The Kier molecular flexibility index (Phi) is 4.35. The first kappa shape index (κ1) is 18.5. The summed E-state index contributed by atoms with van der Waals surface area (Å²) in [6.07, 6.45) is 7.47. The maximum Gasteiger partial charge on any atom is 0.162 e. The maximum absolute atomic E-state index is 14.0. The number of hydrogen-bond acceptors (Lipinski definition) is 3. The molecule has 30 heavy (non-hydrogen) atoms. The molecule has 6 heteroatoms. The zero-order chi connectivity index (χ0) is 20.8. The summed E-state index contributed by atoms with van der Waals surface area (Å²) >= 11 is 0. The number of benzene rings is 2. The number of hydrogen-bond donors (Lipinski definition) is 1. The number of allylic oxidation sites excluding steroid dienone is 3. The van der Waals surface area contributed by atoms with E-state index >= 15 is 0 Å². The topological polar surface area (TPSA) is 29.4 Å². The van der Waals surface area contributed by atoms with Gasteiger partial charge in [0.05, 0.1) is 11.3 Å². The summed E-state index contributed by atoms with van der Waals surface area (Å²) in [7, 11) is 2.03. The van der Waals surface area contributed by atoms with Gasteiger partial charge in [-0.25, -0.2) is 8.78 Å². The smallest absolute Gasteiger partial charge is 0.162 e. The Bertz CT molecular complexity index is 1220. The van der Waals surface area contributed by atoms with Crippen LogP contribution in [0.15, 0.2) is 78.5 Å². The molecule has 0 saturated carbocycles. The summed E-state index contributed by atoms with van der Waals surface area (Å²) in [6.45, 7) is 1.85. The van der Waals surface area contributed by atoms with Gasteiger partial charge < -0.3 is 19.5 Å². The second kappa shape index (κ2) is 7.06. The highest BCUT2D eigenvalue weighted by atomic mass is 19.1. The SMILES string of the molecule is CC1=C(c2ccc3c(ccn3C)c2)N2C=CC=C(OCc3c(F)cccc3F)C2N1. The first-order valence-electron chi connectivity index (χ1n) is 9.78. The van der Waals surface area contributed by atoms with E-state index in [2.05, 4.69) is 39.0 Å². The van der Waals surface area contributed by atoms with Crippen LogP contribution in [-0.2, 0) is 18.4 Å². The second-order valence-corrected chi connectivity index (χ2v) is 7.53. The van der Waals surface area contributed by atoms with E-state index in [4.69, 9.17) is 4.74 Å². The van der Waals surface area contributed by atoms with Crippen molar-refractivity contribution < 1.29 is 13.5 Å². The van der Waals surface area contributed by atoms with E-state index in [0.717, 1.165) is 17.0 Å². The molecule has 3 heterocycles. The summed E-state index contributed by atoms with van der Waals surface area (Å²) in [5, 5.41) is 4.61. The number of ether oxygens (including phenoxy) is 1. The fraction of sp³-hybridized carbons (Fsp3) is 0.167. The molecule has 4 nitrogen and oxygen atoms in total. The van der Waals surface area contributed by atoms with Crippen LogP contribution >= 0.6 is 0 Å². The Morgan fingerprint density at radius 3 is 2.70 bits per heavy atom. The van der Waals surface area contributed by atoms with Gasteiger partial charge >= 0.3 is 0 Å². The molecule has 0 bridgehead atoms. The van der Waals surface area contributed by atoms with E-state index in [1.165, 1.54) is 29.1 Å². The number of halogens is 2. The first-order chi connectivity index (χ1) is 14.5. The Morgan fingerprint density at radius 2 is 1.90 bits per heavy atom. The third-order valence-electron chi connectivity index (χ3n) is 5.62. The van der Waals surface area contributed by atoms with Crippen molar-refractivity contribution in [3.05, 3.63) is 101 Å². The number of nitrogens with one attached hydrogen (secondary N) is 1. The van der Waals surface area contributed by atoms with Crippen LogP contribution in [0.1, 0.15) is 18.1 Å². The highest BCUT2D eigenvalue weighted by Crippen LogP contribution is 2.36. The van der Waals surface area contributed by atoms with Gasteiger partial charge in [0.25, 0.3) is 0 Å². The molecule has 0 radical (unpaired) electrons. The normalized spacial score (nSPS) is 17.9. The molecular formula is C24H21F2N3O. The van der Waals surface area contributed by atoms with Gasteiger partial charge in [0.15, 0.2) is 6.17 Å². The molecule has 152 valence electrons. The van der Waals surface area contributed by atoms with Crippen LogP contribution in [0.2, 0.25) is 0 Å². The minimum absolute atomic E-state index is 0.0723. The van der Waals surface area contributed by atoms with Crippen molar-refractivity contribution >= 4 is 16.6 Å². The minimum atomic E-state index is -0.607. The molecule has 0 spiro atoms. The lowest BCUT2D eigenvalue weighted by molar-refractivity contribution is 0.145.